The van der Waals surface area contributed by atoms with Crippen LogP contribution in [0.3, 0.4) is 0 Å². The zero-order valence-corrected chi connectivity index (χ0v) is 18.7. The van der Waals surface area contributed by atoms with Gasteiger partial charge >= 0.3 is 0 Å². The van der Waals surface area contributed by atoms with Crippen molar-refractivity contribution in [1.29, 1.82) is 0 Å². The molecule has 1 amide bonds. The molecule has 2 aromatic rings. The van der Waals surface area contributed by atoms with Gasteiger partial charge in [-0.2, -0.15) is 0 Å². The second-order valence-electron chi connectivity index (χ2n) is 8.25. The Balaban J connectivity index is 2.12. The third-order valence-electron chi connectivity index (χ3n) is 5.50. The molecule has 5 heteroatoms. The number of carbonyl (C=O) groups excluding carboxylic acids is 2. The van der Waals surface area contributed by atoms with E-state index >= 15 is 0 Å². The van der Waals surface area contributed by atoms with Gasteiger partial charge in [-0.3, -0.25) is 9.59 Å². The van der Waals surface area contributed by atoms with Gasteiger partial charge in [0.2, 0.25) is 0 Å². The Hall–Kier alpha value is -3.08. The van der Waals surface area contributed by atoms with Gasteiger partial charge < -0.3 is 14.7 Å². The third kappa shape index (κ3) is 4.82. The third-order valence-corrected chi connectivity index (χ3v) is 5.50. The fourth-order valence-corrected chi connectivity index (χ4v) is 4.00. The highest BCUT2D eigenvalue weighted by molar-refractivity contribution is 6.46. The van der Waals surface area contributed by atoms with Crippen LogP contribution < -0.4 is 4.74 Å². The number of hydrogen-bond acceptors (Lipinski definition) is 4. The number of unbranched alkanes of at least 4 members (excludes halogenated alkanes) is 2. The Morgan fingerprint density at radius 2 is 1.84 bits per heavy atom. The second-order valence-corrected chi connectivity index (χ2v) is 8.25. The van der Waals surface area contributed by atoms with Crippen LogP contribution in [-0.4, -0.2) is 34.3 Å². The van der Waals surface area contributed by atoms with Crippen LogP contribution in [0.4, 0.5) is 0 Å². The van der Waals surface area contributed by atoms with Gasteiger partial charge in [0.1, 0.15) is 11.5 Å². The van der Waals surface area contributed by atoms with Gasteiger partial charge in [-0.05, 0) is 50.5 Å². The van der Waals surface area contributed by atoms with E-state index in [1.807, 2.05) is 45.0 Å². The molecule has 1 atom stereocenters. The van der Waals surface area contributed by atoms with Crippen LogP contribution in [0.1, 0.15) is 62.8 Å². The molecule has 1 heterocycles. The van der Waals surface area contributed by atoms with Crippen LogP contribution in [0.5, 0.6) is 5.75 Å². The predicted octanol–water partition coefficient (Wildman–Crippen LogP) is 5.39. The van der Waals surface area contributed by atoms with Crippen molar-refractivity contribution in [2.24, 2.45) is 0 Å². The van der Waals surface area contributed by atoms with Crippen molar-refractivity contribution in [1.82, 2.24) is 4.90 Å². The SMILES string of the molecule is CCCCCN1C(=O)C(=O)/C(=C(/O)c2cccc(OC(C)C)c2)C1c1ccccc1C. The van der Waals surface area contributed by atoms with Gasteiger partial charge in [0.25, 0.3) is 11.7 Å². The fourth-order valence-electron chi connectivity index (χ4n) is 4.00. The quantitative estimate of drug-likeness (QED) is 0.268. The molecule has 0 aliphatic carbocycles. The van der Waals surface area contributed by atoms with Crippen molar-refractivity contribution < 1.29 is 19.4 Å². The Morgan fingerprint density at radius 3 is 2.52 bits per heavy atom. The molecule has 2 aromatic carbocycles. The first kappa shape index (κ1) is 22.6. The number of rotatable bonds is 8. The Kier molecular flexibility index (Phi) is 7.16. The molecule has 5 nitrogen and oxygen atoms in total. The smallest absolute Gasteiger partial charge is 0.295 e. The van der Waals surface area contributed by atoms with E-state index in [1.54, 1.807) is 29.2 Å². The maximum absolute atomic E-state index is 13.1. The van der Waals surface area contributed by atoms with Crippen LogP contribution in [0.25, 0.3) is 5.76 Å². The molecule has 1 aliphatic rings. The highest BCUT2D eigenvalue weighted by Crippen LogP contribution is 2.41. The summed E-state index contributed by atoms with van der Waals surface area (Å²) in [4.78, 5) is 27.7. The van der Waals surface area contributed by atoms with E-state index in [9.17, 15) is 14.7 Å². The molecule has 1 N–H and O–H groups in total. The number of aryl methyl sites for hydroxylation is 1. The molecular weight excluding hydrogens is 390 g/mol. The van der Waals surface area contributed by atoms with E-state index in [2.05, 4.69) is 6.92 Å². The maximum Gasteiger partial charge on any atom is 0.295 e. The number of carbonyl (C=O) groups is 2. The van der Waals surface area contributed by atoms with Crippen LogP contribution >= 0.6 is 0 Å². The number of ether oxygens (including phenoxy) is 1. The molecule has 0 saturated carbocycles. The second kappa shape index (κ2) is 9.82. The highest BCUT2D eigenvalue weighted by atomic mass is 16.5. The summed E-state index contributed by atoms with van der Waals surface area (Å²) in [5, 5.41) is 11.2. The minimum absolute atomic E-state index is 0.0199. The van der Waals surface area contributed by atoms with Gasteiger partial charge in [0, 0.05) is 12.1 Å². The number of benzene rings is 2. The summed E-state index contributed by atoms with van der Waals surface area (Å²) in [6.07, 6.45) is 2.78. The molecule has 1 saturated heterocycles. The predicted molar refractivity (Wildman–Crippen MR) is 122 cm³/mol. The van der Waals surface area contributed by atoms with E-state index in [0.29, 0.717) is 17.9 Å². The summed E-state index contributed by atoms with van der Waals surface area (Å²) in [5.74, 6) is -0.764. The van der Waals surface area contributed by atoms with Gasteiger partial charge in [-0.1, -0.05) is 56.2 Å². The van der Waals surface area contributed by atoms with Crippen molar-refractivity contribution >= 4 is 17.4 Å². The molecule has 0 aromatic heterocycles. The molecule has 0 bridgehead atoms. The van der Waals surface area contributed by atoms with Gasteiger partial charge in [-0.15, -0.1) is 0 Å². The molecule has 0 spiro atoms. The first-order chi connectivity index (χ1) is 14.8. The van der Waals surface area contributed by atoms with Gasteiger partial charge in [0.05, 0.1) is 17.7 Å². The minimum atomic E-state index is -0.641. The van der Waals surface area contributed by atoms with Crippen LogP contribution in [0.2, 0.25) is 0 Å². The lowest BCUT2D eigenvalue weighted by Crippen LogP contribution is -2.31. The number of Topliss-reactive ketones (excluding diaryl/α,β-unsaturated/α-hetero) is 1. The molecule has 0 radical (unpaired) electrons. The topological polar surface area (TPSA) is 66.8 Å². The summed E-state index contributed by atoms with van der Waals surface area (Å²) >= 11 is 0. The van der Waals surface area contributed by atoms with Crippen molar-refractivity contribution in [3.05, 3.63) is 70.8 Å². The normalized spacial score (nSPS) is 18.1. The monoisotopic (exact) mass is 421 g/mol. The summed E-state index contributed by atoms with van der Waals surface area (Å²) in [6, 6.07) is 14.1. The van der Waals surface area contributed by atoms with Crippen molar-refractivity contribution in [3.8, 4) is 5.75 Å². The molecule has 3 rings (SSSR count). The fraction of sp³-hybridized carbons (Fsp3) is 0.385. The van der Waals surface area contributed by atoms with E-state index in [-0.39, 0.29) is 17.4 Å². The van der Waals surface area contributed by atoms with Crippen LogP contribution in [0, 0.1) is 6.92 Å². The zero-order chi connectivity index (χ0) is 22.5. The standard InChI is InChI=1S/C26H31NO4/c1-5-6-9-15-27-23(21-14-8-7-11-18(21)4)22(25(29)26(27)30)24(28)19-12-10-13-20(16-19)31-17(2)3/h7-8,10-14,16-17,23,28H,5-6,9,15H2,1-4H3/b24-22+. The lowest BCUT2D eigenvalue weighted by molar-refractivity contribution is -0.139. The first-order valence-electron chi connectivity index (χ1n) is 11.0. The van der Waals surface area contributed by atoms with Gasteiger partial charge in [-0.25, -0.2) is 0 Å². The summed E-state index contributed by atoms with van der Waals surface area (Å²) in [7, 11) is 0. The minimum Gasteiger partial charge on any atom is -0.507 e. The van der Waals surface area contributed by atoms with Crippen LogP contribution in [0.15, 0.2) is 54.1 Å². The number of amides is 1. The number of likely N-dealkylation sites (tertiary alicyclic amines) is 1. The molecular formula is C26H31NO4. The lowest BCUT2D eigenvalue weighted by atomic mass is 9.92. The molecule has 1 fully saturated rings. The van der Waals surface area contributed by atoms with Crippen molar-refractivity contribution in [2.75, 3.05) is 6.54 Å². The number of hydrogen-bond donors (Lipinski definition) is 1. The molecule has 31 heavy (non-hydrogen) atoms. The number of ketones is 1. The van der Waals surface area contributed by atoms with Crippen molar-refractivity contribution in [3.63, 3.8) is 0 Å². The average molecular weight is 422 g/mol. The Labute approximate surface area is 184 Å². The Morgan fingerprint density at radius 1 is 1.10 bits per heavy atom. The summed E-state index contributed by atoms with van der Waals surface area (Å²) in [6.45, 7) is 8.38. The number of nitrogens with zero attached hydrogens (tertiary/aromatic N) is 1. The van der Waals surface area contributed by atoms with Crippen LogP contribution in [-0.2, 0) is 9.59 Å². The highest BCUT2D eigenvalue weighted by Gasteiger charge is 2.46. The number of aliphatic hydroxyl groups excluding tert-OH is 1. The molecule has 164 valence electrons. The molecule has 1 unspecified atom stereocenters. The zero-order valence-electron chi connectivity index (χ0n) is 18.7. The molecule has 1 aliphatic heterocycles. The largest absolute Gasteiger partial charge is 0.507 e. The van der Waals surface area contributed by atoms with E-state index < -0.39 is 17.7 Å². The van der Waals surface area contributed by atoms with Gasteiger partial charge in [0.15, 0.2) is 0 Å². The first-order valence-corrected chi connectivity index (χ1v) is 11.0. The summed E-state index contributed by atoms with van der Waals surface area (Å²) < 4.78 is 5.74. The van der Waals surface area contributed by atoms with Crippen molar-refractivity contribution in [2.45, 2.75) is 59.1 Å². The lowest BCUT2D eigenvalue weighted by Gasteiger charge is -2.26. The Bertz CT molecular complexity index is 992. The average Bonchev–Trinajstić information content (AvgIpc) is 2.98. The number of aliphatic hydroxyl groups is 1. The maximum atomic E-state index is 13.1. The van der Waals surface area contributed by atoms with E-state index in [1.165, 1.54) is 0 Å². The van der Waals surface area contributed by atoms with E-state index in [4.69, 9.17) is 4.74 Å². The van der Waals surface area contributed by atoms with E-state index in [0.717, 1.165) is 30.4 Å². The summed E-state index contributed by atoms with van der Waals surface area (Å²) in [5.41, 5.74) is 2.42.